The van der Waals surface area contributed by atoms with Gasteiger partial charge < -0.3 is 10.6 Å². The highest BCUT2D eigenvalue weighted by Crippen LogP contribution is 2.21. The van der Waals surface area contributed by atoms with Crippen molar-refractivity contribution in [2.24, 2.45) is 0 Å². The van der Waals surface area contributed by atoms with Crippen molar-refractivity contribution in [3.63, 3.8) is 0 Å². The Hall–Kier alpha value is -3.02. The van der Waals surface area contributed by atoms with Gasteiger partial charge in [-0.3, -0.25) is 9.78 Å². The molecule has 0 aliphatic heterocycles. The average Bonchev–Trinajstić information content (AvgIpc) is 2.54. The minimum Gasteiger partial charge on any atom is -0.364 e. The molecule has 0 saturated carbocycles. The van der Waals surface area contributed by atoms with E-state index in [-0.39, 0.29) is 17.1 Å². The molecule has 0 saturated heterocycles. The maximum absolute atomic E-state index is 12.4. The highest BCUT2D eigenvalue weighted by atomic mass is 16.1. The van der Waals surface area contributed by atoms with Crippen LogP contribution in [0, 0.1) is 0 Å². The average molecular weight is 321 g/mol. The van der Waals surface area contributed by atoms with Crippen LogP contribution in [0.5, 0.6) is 0 Å². The number of pyridine rings is 1. The lowest BCUT2D eigenvalue weighted by Crippen LogP contribution is -2.27. The van der Waals surface area contributed by atoms with Gasteiger partial charge in [0, 0.05) is 17.1 Å². The van der Waals surface area contributed by atoms with Gasteiger partial charge in [-0.25, -0.2) is 9.97 Å². The van der Waals surface area contributed by atoms with Crippen LogP contribution in [-0.4, -0.2) is 26.4 Å². The van der Waals surface area contributed by atoms with Gasteiger partial charge in [-0.2, -0.15) is 0 Å². The van der Waals surface area contributed by atoms with Gasteiger partial charge in [-0.1, -0.05) is 18.2 Å². The molecule has 1 amide bonds. The normalized spacial score (nSPS) is 11.3. The van der Waals surface area contributed by atoms with Crippen molar-refractivity contribution in [3.8, 4) is 0 Å². The molecule has 2 aromatic heterocycles. The van der Waals surface area contributed by atoms with Crippen molar-refractivity contribution in [1.82, 2.24) is 15.0 Å². The first-order valence-corrected chi connectivity index (χ1v) is 7.68. The third-order valence-electron chi connectivity index (χ3n) is 3.27. The third kappa shape index (κ3) is 3.65. The summed E-state index contributed by atoms with van der Waals surface area (Å²) in [5, 5.41) is 7.01. The molecule has 0 unspecified atom stereocenters. The van der Waals surface area contributed by atoms with Crippen LogP contribution in [0.4, 0.5) is 11.5 Å². The summed E-state index contributed by atoms with van der Waals surface area (Å²) in [4.78, 5) is 25.1. The fourth-order valence-electron chi connectivity index (χ4n) is 2.29. The van der Waals surface area contributed by atoms with Gasteiger partial charge in [0.2, 0.25) is 0 Å². The summed E-state index contributed by atoms with van der Waals surface area (Å²) in [5.41, 5.74) is 1.53. The lowest BCUT2D eigenvalue weighted by atomic mass is 10.1. The third-order valence-corrected chi connectivity index (χ3v) is 3.27. The number of benzene rings is 1. The lowest BCUT2D eigenvalue weighted by Gasteiger charge is -2.20. The molecule has 0 radical (unpaired) electrons. The van der Waals surface area contributed by atoms with E-state index >= 15 is 0 Å². The SMILES string of the molecule is CC(C)(C)Nc1cnc(C(=O)Nc2cccc3cccnc23)cn1. The fourth-order valence-corrected chi connectivity index (χ4v) is 2.29. The molecule has 3 rings (SSSR count). The molecule has 122 valence electrons. The minimum absolute atomic E-state index is 0.118. The molecule has 6 heteroatoms. The van der Waals surface area contributed by atoms with Crippen LogP contribution in [0.15, 0.2) is 48.9 Å². The Morgan fingerprint density at radius 3 is 2.50 bits per heavy atom. The molecule has 0 aliphatic carbocycles. The number of carbonyl (C=O) groups excluding carboxylic acids is 1. The Labute approximate surface area is 140 Å². The van der Waals surface area contributed by atoms with Crippen LogP contribution in [0.3, 0.4) is 0 Å². The molecular weight excluding hydrogens is 302 g/mol. The van der Waals surface area contributed by atoms with Crippen LogP contribution in [0.25, 0.3) is 10.9 Å². The van der Waals surface area contributed by atoms with Crippen molar-refractivity contribution in [1.29, 1.82) is 0 Å². The summed E-state index contributed by atoms with van der Waals surface area (Å²) >= 11 is 0. The number of fused-ring (bicyclic) bond motifs is 1. The molecule has 0 fully saturated rings. The maximum atomic E-state index is 12.4. The number of anilines is 2. The number of carbonyl (C=O) groups is 1. The Morgan fingerprint density at radius 2 is 1.79 bits per heavy atom. The molecular formula is C18H19N5O. The summed E-state index contributed by atoms with van der Waals surface area (Å²) in [5.74, 6) is 0.314. The van der Waals surface area contributed by atoms with E-state index in [1.54, 1.807) is 12.4 Å². The zero-order valence-corrected chi connectivity index (χ0v) is 13.9. The van der Waals surface area contributed by atoms with Gasteiger partial charge in [-0.05, 0) is 32.9 Å². The van der Waals surface area contributed by atoms with E-state index in [2.05, 4.69) is 25.6 Å². The van der Waals surface area contributed by atoms with E-state index in [4.69, 9.17) is 0 Å². The molecule has 3 aromatic rings. The topological polar surface area (TPSA) is 79.8 Å². The first-order valence-electron chi connectivity index (χ1n) is 7.68. The van der Waals surface area contributed by atoms with Gasteiger partial charge in [-0.15, -0.1) is 0 Å². The molecule has 1 aromatic carbocycles. The van der Waals surface area contributed by atoms with Crippen molar-refractivity contribution >= 4 is 28.3 Å². The highest BCUT2D eigenvalue weighted by molar-refractivity contribution is 6.07. The molecule has 0 aliphatic rings. The monoisotopic (exact) mass is 321 g/mol. The smallest absolute Gasteiger partial charge is 0.275 e. The molecule has 0 spiro atoms. The Bertz CT molecular complexity index is 863. The zero-order valence-electron chi connectivity index (χ0n) is 13.9. The van der Waals surface area contributed by atoms with Crippen LogP contribution < -0.4 is 10.6 Å². The first-order chi connectivity index (χ1) is 11.4. The fraction of sp³-hybridized carbons (Fsp3) is 0.222. The Balaban J connectivity index is 1.79. The van der Waals surface area contributed by atoms with Gasteiger partial charge >= 0.3 is 0 Å². The van der Waals surface area contributed by atoms with Crippen molar-refractivity contribution < 1.29 is 4.79 Å². The second-order valence-corrected chi connectivity index (χ2v) is 6.50. The van der Waals surface area contributed by atoms with Crippen LogP contribution >= 0.6 is 0 Å². The number of amides is 1. The summed E-state index contributed by atoms with van der Waals surface area (Å²) in [6, 6.07) is 9.45. The number of hydrogen-bond donors (Lipinski definition) is 2. The Kier molecular flexibility index (Phi) is 4.12. The minimum atomic E-state index is -0.317. The van der Waals surface area contributed by atoms with Crippen LogP contribution in [0.1, 0.15) is 31.3 Å². The van der Waals surface area contributed by atoms with Gasteiger partial charge in [0.1, 0.15) is 11.5 Å². The molecule has 24 heavy (non-hydrogen) atoms. The summed E-state index contributed by atoms with van der Waals surface area (Å²) in [7, 11) is 0. The molecule has 0 bridgehead atoms. The molecule has 2 N–H and O–H groups in total. The van der Waals surface area contributed by atoms with Crippen molar-refractivity contribution in [3.05, 3.63) is 54.6 Å². The molecule has 6 nitrogen and oxygen atoms in total. The second kappa shape index (κ2) is 6.23. The van der Waals surface area contributed by atoms with E-state index in [1.165, 1.54) is 6.20 Å². The largest absolute Gasteiger partial charge is 0.364 e. The zero-order chi connectivity index (χ0) is 17.2. The number of nitrogens with one attached hydrogen (secondary N) is 2. The van der Waals surface area contributed by atoms with E-state index in [1.807, 2.05) is 51.1 Å². The van der Waals surface area contributed by atoms with Crippen molar-refractivity contribution in [2.75, 3.05) is 10.6 Å². The van der Waals surface area contributed by atoms with E-state index in [0.29, 0.717) is 11.5 Å². The first kappa shape index (κ1) is 15.9. The maximum Gasteiger partial charge on any atom is 0.275 e. The van der Waals surface area contributed by atoms with Gasteiger partial charge in [0.15, 0.2) is 0 Å². The van der Waals surface area contributed by atoms with Crippen molar-refractivity contribution in [2.45, 2.75) is 26.3 Å². The lowest BCUT2D eigenvalue weighted by molar-refractivity contribution is 0.102. The van der Waals surface area contributed by atoms with Crippen LogP contribution in [-0.2, 0) is 0 Å². The number of rotatable bonds is 3. The van der Waals surface area contributed by atoms with Gasteiger partial charge in [0.25, 0.3) is 5.91 Å². The van der Waals surface area contributed by atoms with E-state index in [9.17, 15) is 4.79 Å². The van der Waals surface area contributed by atoms with E-state index in [0.717, 1.165) is 10.9 Å². The predicted molar refractivity (Wildman–Crippen MR) is 95.1 cm³/mol. The highest BCUT2D eigenvalue weighted by Gasteiger charge is 2.13. The predicted octanol–water partition coefficient (Wildman–Crippen LogP) is 3.49. The number of nitrogens with zero attached hydrogens (tertiary/aromatic N) is 3. The molecule has 0 atom stereocenters. The van der Waals surface area contributed by atoms with Gasteiger partial charge in [0.05, 0.1) is 23.6 Å². The standard InChI is InChI=1S/C18H19N5O/c1-18(2,3)23-15-11-20-14(10-21-15)17(24)22-13-8-4-6-12-7-5-9-19-16(12)13/h4-11H,1-3H3,(H,21,23)(H,22,24). The summed E-state index contributed by atoms with van der Waals surface area (Å²) in [6.07, 6.45) is 4.72. The number of hydrogen-bond acceptors (Lipinski definition) is 5. The molecule has 2 heterocycles. The van der Waals surface area contributed by atoms with Crippen LogP contribution in [0.2, 0.25) is 0 Å². The quantitative estimate of drug-likeness (QED) is 0.772. The second-order valence-electron chi connectivity index (χ2n) is 6.50. The number of aromatic nitrogens is 3. The van der Waals surface area contributed by atoms with E-state index < -0.39 is 0 Å². The summed E-state index contributed by atoms with van der Waals surface area (Å²) in [6.45, 7) is 6.09. The summed E-state index contributed by atoms with van der Waals surface area (Å²) < 4.78 is 0. The Morgan fingerprint density at radius 1 is 1.00 bits per heavy atom. The number of para-hydroxylation sites is 1.